The topological polar surface area (TPSA) is 153 Å². The van der Waals surface area contributed by atoms with E-state index in [1.165, 1.54) is 18.2 Å². The Morgan fingerprint density at radius 2 is 2.14 bits per heavy atom. The second-order valence-electron chi connectivity index (χ2n) is 5.61. The molecule has 0 bridgehead atoms. The van der Waals surface area contributed by atoms with Crippen LogP contribution < -0.4 is 26.6 Å². The zero-order chi connectivity index (χ0) is 20.3. The summed E-state index contributed by atoms with van der Waals surface area (Å²) < 4.78 is 23.6. The minimum atomic E-state index is -0.720. The Labute approximate surface area is 164 Å². The summed E-state index contributed by atoms with van der Waals surface area (Å²) in [6, 6.07) is 4.33. The molecule has 1 heterocycles. The lowest BCUT2D eigenvalue weighted by molar-refractivity contribution is 0.261. The van der Waals surface area contributed by atoms with Crippen LogP contribution in [-0.4, -0.2) is 34.4 Å². The number of halogens is 2. The number of nitrogens with one attached hydrogen (secondary N) is 1. The Hall–Kier alpha value is -3.28. The van der Waals surface area contributed by atoms with E-state index in [1.54, 1.807) is 0 Å². The van der Waals surface area contributed by atoms with E-state index in [9.17, 15) is 19.2 Å². The van der Waals surface area contributed by atoms with E-state index in [1.807, 2.05) is 0 Å². The minimum absolute atomic E-state index is 0.0280. The first-order valence-electron chi connectivity index (χ1n) is 7.85. The number of rotatable bonds is 8. The van der Waals surface area contributed by atoms with E-state index >= 15 is 0 Å². The molecule has 3 rings (SSSR count). The highest BCUT2D eigenvalue weighted by Crippen LogP contribution is 2.20. The van der Waals surface area contributed by atoms with Gasteiger partial charge in [0.2, 0.25) is 0 Å². The molecule has 0 amide bonds. The van der Waals surface area contributed by atoms with Gasteiger partial charge in [-0.3, -0.25) is 9.59 Å². The van der Waals surface area contributed by atoms with Crippen molar-refractivity contribution in [2.24, 2.45) is 5.16 Å². The molecule has 0 fully saturated rings. The first-order valence-corrected chi connectivity index (χ1v) is 8.65. The van der Waals surface area contributed by atoms with Gasteiger partial charge in [0, 0.05) is 13.0 Å². The summed E-state index contributed by atoms with van der Waals surface area (Å²) in [7, 11) is 0. The summed E-state index contributed by atoms with van der Waals surface area (Å²) in [4.78, 5) is 22.3. The van der Waals surface area contributed by atoms with Gasteiger partial charge in [-0.2, -0.15) is 0 Å². The number of nitrogens with two attached hydrogens (primary N) is 1. The maximum atomic E-state index is 13.3. The molecule has 146 valence electrons. The third-order valence-corrected chi connectivity index (χ3v) is 4.41. The van der Waals surface area contributed by atoms with E-state index in [2.05, 4.69) is 41.3 Å². The fraction of sp³-hybridized carbons (Fsp3) is 0.188. The van der Waals surface area contributed by atoms with E-state index in [-0.39, 0.29) is 52.7 Å². The number of hydrogen-bond acceptors (Lipinski definition) is 10. The van der Waals surface area contributed by atoms with Gasteiger partial charge >= 0.3 is 0 Å². The Balaban J connectivity index is 1.62. The van der Waals surface area contributed by atoms with Crippen LogP contribution in [0.4, 0.5) is 15.8 Å². The summed E-state index contributed by atoms with van der Waals surface area (Å²) in [5.74, 6) is -0.456. The Bertz CT molecular complexity index is 1110. The highest BCUT2D eigenvalue weighted by molar-refractivity contribution is 9.10. The van der Waals surface area contributed by atoms with Crippen LogP contribution in [0.5, 0.6) is 5.88 Å². The SMILES string of the molecule is Nc1c(NCCOc2nonc2C(Cc2ccc(F)c(Br)c2)=NO)c(=O)c1=O. The maximum absolute atomic E-state index is 13.3. The standard InChI is InChI=1S/C16H13BrFN5O5/c17-8-5-7(1-2-9(8)18)6-10(21-26)12-16(23-28-22-12)27-4-3-20-13-11(19)14(24)15(13)25/h1-2,5,20,26H,3-4,6,19H2. The second kappa shape index (κ2) is 8.17. The lowest BCUT2D eigenvalue weighted by atomic mass is 10.1. The van der Waals surface area contributed by atoms with Crippen molar-refractivity contribution < 1.29 is 19.0 Å². The number of nitrogens with zero attached hydrogens (tertiary/aromatic N) is 3. The van der Waals surface area contributed by atoms with Crippen molar-refractivity contribution in [1.82, 2.24) is 10.3 Å². The minimum Gasteiger partial charge on any atom is -0.472 e. The van der Waals surface area contributed by atoms with Crippen molar-refractivity contribution >= 4 is 33.0 Å². The molecule has 0 radical (unpaired) electrons. The number of ether oxygens (including phenoxy) is 1. The lowest BCUT2D eigenvalue weighted by Crippen LogP contribution is -2.37. The van der Waals surface area contributed by atoms with Gasteiger partial charge in [-0.25, -0.2) is 9.02 Å². The van der Waals surface area contributed by atoms with Gasteiger partial charge in [0.1, 0.15) is 29.5 Å². The molecule has 0 aliphatic carbocycles. The van der Waals surface area contributed by atoms with Gasteiger partial charge in [-0.1, -0.05) is 11.2 Å². The van der Waals surface area contributed by atoms with Crippen molar-refractivity contribution in [3.05, 3.63) is 60.2 Å². The molecular weight excluding hydrogens is 441 g/mol. The van der Waals surface area contributed by atoms with Gasteiger partial charge in [-0.05, 0) is 43.9 Å². The van der Waals surface area contributed by atoms with Crippen LogP contribution in [0.2, 0.25) is 0 Å². The molecule has 0 saturated heterocycles. The first kappa shape index (κ1) is 19.5. The number of benzene rings is 1. The number of nitrogen functional groups attached to an aromatic ring is 1. The normalized spacial score (nSPS) is 11.7. The van der Waals surface area contributed by atoms with Crippen molar-refractivity contribution in [3.63, 3.8) is 0 Å². The molecule has 2 aromatic carbocycles. The largest absolute Gasteiger partial charge is 0.472 e. The molecule has 1 aromatic heterocycles. The van der Waals surface area contributed by atoms with Gasteiger partial charge in [0.25, 0.3) is 16.7 Å². The molecule has 0 saturated carbocycles. The maximum Gasteiger partial charge on any atom is 0.285 e. The van der Waals surface area contributed by atoms with E-state index in [0.717, 1.165) is 0 Å². The molecular formula is C16H13BrFN5O5. The smallest absolute Gasteiger partial charge is 0.285 e. The van der Waals surface area contributed by atoms with Crippen LogP contribution in [0.1, 0.15) is 11.3 Å². The van der Waals surface area contributed by atoms with Crippen molar-refractivity contribution in [3.8, 4) is 5.88 Å². The lowest BCUT2D eigenvalue weighted by Gasteiger charge is -2.10. The zero-order valence-corrected chi connectivity index (χ0v) is 15.7. The van der Waals surface area contributed by atoms with Gasteiger partial charge in [0.15, 0.2) is 5.69 Å². The van der Waals surface area contributed by atoms with Gasteiger partial charge < -0.3 is 21.0 Å². The van der Waals surface area contributed by atoms with Crippen LogP contribution in [0.25, 0.3) is 0 Å². The molecule has 0 aliphatic rings. The highest BCUT2D eigenvalue weighted by Gasteiger charge is 2.20. The third kappa shape index (κ3) is 3.86. The van der Waals surface area contributed by atoms with Crippen LogP contribution >= 0.6 is 15.9 Å². The number of aromatic nitrogens is 2. The predicted octanol–water partition coefficient (Wildman–Crippen LogP) is 1.06. The van der Waals surface area contributed by atoms with Crippen LogP contribution in [-0.2, 0) is 6.42 Å². The molecule has 0 spiro atoms. The summed E-state index contributed by atoms with van der Waals surface area (Å²) >= 11 is 3.08. The zero-order valence-electron chi connectivity index (χ0n) is 14.1. The average molecular weight is 454 g/mol. The van der Waals surface area contributed by atoms with E-state index in [4.69, 9.17) is 10.5 Å². The quantitative estimate of drug-likeness (QED) is 0.149. The number of hydrogen-bond donors (Lipinski definition) is 3. The Kier molecular flexibility index (Phi) is 5.68. The van der Waals surface area contributed by atoms with Gasteiger partial charge in [-0.15, -0.1) is 0 Å². The molecule has 0 aliphatic heterocycles. The van der Waals surface area contributed by atoms with Crippen LogP contribution in [0.3, 0.4) is 0 Å². The summed E-state index contributed by atoms with van der Waals surface area (Å²) in [6.07, 6.45) is 0.109. The first-order chi connectivity index (χ1) is 13.4. The third-order valence-electron chi connectivity index (χ3n) is 3.80. The van der Waals surface area contributed by atoms with Crippen LogP contribution in [0.15, 0.2) is 42.0 Å². The fourth-order valence-electron chi connectivity index (χ4n) is 2.37. The molecule has 10 nitrogen and oxygen atoms in total. The van der Waals surface area contributed by atoms with Crippen molar-refractivity contribution in [2.75, 3.05) is 24.2 Å². The fourth-order valence-corrected chi connectivity index (χ4v) is 2.80. The van der Waals surface area contributed by atoms with Crippen LogP contribution in [0, 0.1) is 5.82 Å². The number of oxime groups is 1. The average Bonchev–Trinajstić information content (AvgIpc) is 3.16. The Morgan fingerprint density at radius 3 is 2.82 bits per heavy atom. The predicted molar refractivity (Wildman–Crippen MR) is 100 cm³/mol. The van der Waals surface area contributed by atoms with E-state index in [0.29, 0.717) is 5.56 Å². The summed E-state index contributed by atoms with van der Waals surface area (Å²) in [6.45, 7) is 0.179. The Morgan fingerprint density at radius 1 is 1.36 bits per heavy atom. The van der Waals surface area contributed by atoms with Crippen molar-refractivity contribution in [1.29, 1.82) is 0 Å². The second-order valence-corrected chi connectivity index (χ2v) is 6.47. The molecule has 28 heavy (non-hydrogen) atoms. The molecule has 0 unspecified atom stereocenters. The monoisotopic (exact) mass is 453 g/mol. The molecule has 3 aromatic rings. The number of anilines is 2. The highest BCUT2D eigenvalue weighted by atomic mass is 79.9. The molecule has 4 N–H and O–H groups in total. The summed E-state index contributed by atoms with van der Waals surface area (Å²) in [5.41, 5.74) is 4.74. The van der Waals surface area contributed by atoms with Gasteiger partial charge in [0.05, 0.1) is 4.47 Å². The molecule has 0 atom stereocenters. The van der Waals surface area contributed by atoms with Crippen molar-refractivity contribution in [2.45, 2.75) is 6.42 Å². The molecule has 12 heteroatoms. The summed E-state index contributed by atoms with van der Waals surface area (Å²) in [5, 5.41) is 22.4. The van der Waals surface area contributed by atoms with E-state index < -0.39 is 16.7 Å².